The van der Waals surface area contributed by atoms with Crippen molar-refractivity contribution in [2.75, 3.05) is 11.9 Å². The van der Waals surface area contributed by atoms with Gasteiger partial charge in [0.05, 0.1) is 12.6 Å². The van der Waals surface area contributed by atoms with Gasteiger partial charge in [-0.2, -0.15) is 0 Å². The third kappa shape index (κ3) is 2.16. The molecule has 92 valence electrons. The molecule has 1 aliphatic rings. The first-order chi connectivity index (χ1) is 8.83. The lowest BCUT2D eigenvalue weighted by Gasteiger charge is -2.27. The first-order valence-corrected chi connectivity index (χ1v) is 6.07. The Hall–Kier alpha value is -2.03. The van der Waals surface area contributed by atoms with Gasteiger partial charge < -0.3 is 10.1 Å². The van der Waals surface area contributed by atoms with Crippen LogP contribution in [0.4, 0.5) is 10.1 Å². The molecule has 0 aromatic heterocycles. The van der Waals surface area contributed by atoms with Crippen LogP contribution >= 0.6 is 0 Å². The molecule has 1 aliphatic heterocycles. The molecule has 0 saturated heterocycles. The van der Waals surface area contributed by atoms with Gasteiger partial charge in [0.15, 0.2) is 0 Å². The molecule has 0 radical (unpaired) electrons. The van der Waals surface area contributed by atoms with Crippen LogP contribution in [0, 0.1) is 5.82 Å². The highest BCUT2D eigenvalue weighted by Crippen LogP contribution is 2.33. The number of benzene rings is 2. The van der Waals surface area contributed by atoms with Crippen molar-refractivity contribution >= 4 is 5.69 Å². The lowest BCUT2D eigenvalue weighted by Crippen LogP contribution is -2.20. The minimum atomic E-state index is -0.215. The summed E-state index contributed by atoms with van der Waals surface area (Å²) in [4.78, 5) is 0. The van der Waals surface area contributed by atoms with Crippen molar-refractivity contribution < 1.29 is 9.13 Å². The molecule has 1 heterocycles. The maximum absolute atomic E-state index is 12.9. The average Bonchev–Trinajstić information content (AvgIpc) is 2.42. The van der Waals surface area contributed by atoms with Crippen LogP contribution in [-0.2, 0) is 0 Å². The predicted molar refractivity (Wildman–Crippen MR) is 69.3 cm³/mol. The monoisotopic (exact) mass is 243 g/mol. The third-order valence-corrected chi connectivity index (χ3v) is 3.14. The zero-order valence-electron chi connectivity index (χ0n) is 9.90. The minimum Gasteiger partial charge on any atom is -0.493 e. The standard InChI is InChI=1S/C15H14FNO/c16-11-5-7-12(8-6-11)17-14-9-10-18-15-4-2-1-3-13(14)15/h1-8,14,17H,9-10H2. The van der Waals surface area contributed by atoms with E-state index in [1.54, 1.807) is 12.1 Å². The molecule has 2 nitrogen and oxygen atoms in total. The Morgan fingerprint density at radius 1 is 1.06 bits per heavy atom. The van der Waals surface area contributed by atoms with Gasteiger partial charge in [0.2, 0.25) is 0 Å². The van der Waals surface area contributed by atoms with Gasteiger partial charge in [0.25, 0.3) is 0 Å². The molecule has 2 aromatic rings. The molecule has 3 rings (SSSR count). The molecule has 0 spiro atoms. The molecule has 0 amide bonds. The Labute approximate surface area is 105 Å². The van der Waals surface area contributed by atoms with E-state index in [0.29, 0.717) is 6.61 Å². The van der Waals surface area contributed by atoms with E-state index < -0.39 is 0 Å². The summed E-state index contributed by atoms with van der Waals surface area (Å²) >= 11 is 0. The van der Waals surface area contributed by atoms with Crippen LogP contribution in [0.25, 0.3) is 0 Å². The summed E-state index contributed by atoms with van der Waals surface area (Å²) in [5, 5.41) is 3.42. The Morgan fingerprint density at radius 2 is 1.83 bits per heavy atom. The second-order valence-electron chi connectivity index (χ2n) is 4.38. The Balaban J connectivity index is 1.84. The molecule has 0 bridgehead atoms. The molecule has 18 heavy (non-hydrogen) atoms. The van der Waals surface area contributed by atoms with Crippen molar-refractivity contribution in [1.29, 1.82) is 0 Å². The quantitative estimate of drug-likeness (QED) is 0.867. The molecular formula is C15H14FNO. The largest absolute Gasteiger partial charge is 0.493 e. The lowest BCUT2D eigenvalue weighted by atomic mass is 10.0. The van der Waals surface area contributed by atoms with E-state index in [1.165, 1.54) is 12.1 Å². The third-order valence-electron chi connectivity index (χ3n) is 3.14. The van der Waals surface area contributed by atoms with Crippen molar-refractivity contribution in [2.24, 2.45) is 0 Å². The fourth-order valence-corrected chi connectivity index (χ4v) is 2.24. The van der Waals surface area contributed by atoms with Crippen molar-refractivity contribution in [3.05, 3.63) is 59.9 Å². The summed E-state index contributed by atoms with van der Waals surface area (Å²) in [6.07, 6.45) is 0.911. The van der Waals surface area contributed by atoms with Crippen LogP contribution in [0.2, 0.25) is 0 Å². The normalized spacial score (nSPS) is 17.7. The fraction of sp³-hybridized carbons (Fsp3) is 0.200. The van der Waals surface area contributed by atoms with E-state index in [-0.39, 0.29) is 11.9 Å². The SMILES string of the molecule is Fc1ccc(NC2CCOc3ccccc32)cc1. The van der Waals surface area contributed by atoms with Crippen molar-refractivity contribution in [1.82, 2.24) is 0 Å². The summed E-state index contributed by atoms with van der Waals surface area (Å²) in [6.45, 7) is 0.704. The smallest absolute Gasteiger partial charge is 0.124 e. The molecule has 1 atom stereocenters. The summed E-state index contributed by atoms with van der Waals surface area (Å²) in [5.74, 6) is 0.719. The van der Waals surface area contributed by atoms with Crippen LogP contribution in [0.3, 0.4) is 0 Å². The predicted octanol–water partition coefficient (Wildman–Crippen LogP) is 3.76. The highest BCUT2D eigenvalue weighted by atomic mass is 19.1. The molecule has 3 heteroatoms. The second-order valence-corrected chi connectivity index (χ2v) is 4.38. The number of rotatable bonds is 2. The van der Waals surface area contributed by atoms with Crippen LogP contribution in [0.5, 0.6) is 5.75 Å². The molecular weight excluding hydrogens is 229 g/mol. The van der Waals surface area contributed by atoms with Gasteiger partial charge in [0.1, 0.15) is 11.6 Å². The number of nitrogens with one attached hydrogen (secondary N) is 1. The molecule has 2 aromatic carbocycles. The zero-order chi connectivity index (χ0) is 12.4. The number of hydrogen-bond donors (Lipinski definition) is 1. The molecule has 0 aliphatic carbocycles. The highest BCUT2D eigenvalue weighted by molar-refractivity contribution is 5.48. The van der Waals surface area contributed by atoms with Crippen LogP contribution in [-0.4, -0.2) is 6.61 Å². The number of para-hydroxylation sites is 1. The van der Waals surface area contributed by atoms with Gasteiger partial charge in [-0.25, -0.2) is 4.39 Å². The minimum absolute atomic E-state index is 0.215. The fourth-order valence-electron chi connectivity index (χ4n) is 2.24. The van der Waals surface area contributed by atoms with Crippen molar-refractivity contribution in [3.63, 3.8) is 0 Å². The zero-order valence-corrected chi connectivity index (χ0v) is 9.90. The van der Waals surface area contributed by atoms with Gasteiger partial charge in [-0.05, 0) is 30.3 Å². The summed E-state index contributed by atoms with van der Waals surface area (Å²) in [6, 6.07) is 14.7. The van der Waals surface area contributed by atoms with Gasteiger partial charge in [-0.1, -0.05) is 18.2 Å². The Kier molecular flexibility index (Phi) is 2.89. The van der Waals surface area contributed by atoms with E-state index in [4.69, 9.17) is 4.74 Å². The summed E-state index contributed by atoms with van der Waals surface area (Å²) in [5.41, 5.74) is 2.09. The molecule has 1 N–H and O–H groups in total. The number of halogens is 1. The molecule has 0 fully saturated rings. The molecule has 1 unspecified atom stereocenters. The maximum Gasteiger partial charge on any atom is 0.124 e. The van der Waals surface area contributed by atoms with Gasteiger partial charge in [0, 0.05) is 17.7 Å². The summed E-state index contributed by atoms with van der Waals surface area (Å²) < 4.78 is 18.5. The average molecular weight is 243 g/mol. The highest BCUT2D eigenvalue weighted by Gasteiger charge is 2.20. The van der Waals surface area contributed by atoms with Crippen LogP contribution < -0.4 is 10.1 Å². The van der Waals surface area contributed by atoms with Crippen molar-refractivity contribution in [2.45, 2.75) is 12.5 Å². The maximum atomic E-state index is 12.9. The van der Waals surface area contributed by atoms with E-state index in [2.05, 4.69) is 11.4 Å². The van der Waals surface area contributed by atoms with Crippen molar-refractivity contribution in [3.8, 4) is 5.75 Å². The number of hydrogen-bond acceptors (Lipinski definition) is 2. The first-order valence-electron chi connectivity index (χ1n) is 6.07. The van der Waals surface area contributed by atoms with Gasteiger partial charge >= 0.3 is 0 Å². The van der Waals surface area contributed by atoms with E-state index in [9.17, 15) is 4.39 Å². The molecule has 0 saturated carbocycles. The first kappa shape index (κ1) is 11.1. The van der Waals surface area contributed by atoms with Gasteiger partial charge in [-0.3, -0.25) is 0 Å². The topological polar surface area (TPSA) is 21.3 Å². The Bertz CT molecular complexity index is 538. The van der Waals surface area contributed by atoms with E-state index in [0.717, 1.165) is 23.4 Å². The second kappa shape index (κ2) is 4.69. The van der Waals surface area contributed by atoms with Crippen LogP contribution in [0.15, 0.2) is 48.5 Å². The Morgan fingerprint density at radius 3 is 2.67 bits per heavy atom. The number of fused-ring (bicyclic) bond motifs is 1. The van der Waals surface area contributed by atoms with Gasteiger partial charge in [-0.15, -0.1) is 0 Å². The summed E-state index contributed by atoms with van der Waals surface area (Å²) in [7, 11) is 0. The number of ether oxygens (including phenoxy) is 1. The van der Waals surface area contributed by atoms with E-state index in [1.807, 2.05) is 18.2 Å². The van der Waals surface area contributed by atoms with Crippen LogP contribution in [0.1, 0.15) is 18.0 Å². The lowest BCUT2D eigenvalue weighted by molar-refractivity contribution is 0.274. The van der Waals surface area contributed by atoms with E-state index >= 15 is 0 Å². The number of anilines is 1.